The van der Waals surface area contributed by atoms with Crippen molar-refractivity contribution in [3.63, 3.8) is 0 Å². The van der Waals surface area contributed by atoms with Gasteiger partial charge in [-0.25, -0.2) is 4.98 Å². The number of rotatable bonds is 2. The molecule has 0 aliphatic rings. The first-order valence-electron chi connectivity index (χ1n) is 7.57. The molecule has 0 bridgehead atoms. The Bertz CT molecular complexity index is 848. The van der Waals surface area contributed by atoms with Crippen LogP contribution in [-0.2, 0) is 6.18 Å². The fourth-order valence-corrected chi connectivity index (χ4v) is 2.50. The van der Waals surface area contributed by atoms with Crippen LogP contribution in [0.4, 0.5) is 13.2 Å². The number of nitrogens with zero attached hydrogens (tertiary/aromatic N) is 1. The third-order valence-corrected chi connectivity index (χ3v) is 3.87. The standard InChI is InChI=1S/C20H16F3N/c1-13-3-7-15(8-4-13)18-12-11-17(20(21,22)23)19(24-18)16-9-5-14(2)6-10-16/h3-12H,1-2H3. The molecule has 0 radical (unpaired) electrons. The Morgan fingerprint density at radius 1 is 0.667 bits per heavy atom. The van der Waals surface area contributed by atoms with Gasteiger partial charge in [-0.1, -0.05) is 59.7 Å². The smallest absolute Gasteiger partial charge is 0.247 e. The van der Waals surface area contributed by atoms with Gasteiger partial charge in [-0.05, 0) is 26.0 Å². The molecule has 0 N–H and O–H groups in total. The fourth-order valence-electron chi connectivity index (χ4n) is 2.50. The van der Waals surface area contributed by atoms with Crippen molar-refractivity contribution in [3.05, 3.63) is 77.4 Å². The minimum atomic E-state index is -4.45. The predicted octanol–water partition coefficient (Wildman–Crippen LogP) is 6.05. The van der Waals surface area contributed by atoms with Crippen LogP contribution in [0.2, 0.25) is 0 Å². The van der Waals surface area contributed by atoms with E-state index in [-0.39, 0.29) is 5.69 Å². The first-order chi connectivity index (χ1) is 11.3. The summed E-state index contributed by atoms with van der Waals surface area (Å²) in [6.07, 6.45) is -4.45. The zero-order valence-electron chi connectivity index (χ0n) is 13.4. The molecule has 0 atom stereocenters. The van der Waals surface area contributed by atoms with Gasteiger partial charge in [0, 0.05) is 11.1 Å². The lowest BCUT2D eigenvalue weighted by Gasteiger charge is -2.14. The van der Waals surface area contributed by atoms with Crippen LogP contribution in [0.15, 0.2) is 60.7 Å². The Morgan fingerprint density at radius 3 is 1.67 bits per heavy atom. The molecule has 3 aromatic rings. The fraction of sp³-hybridized carbons (Fsp3) is 0.150. The van der Waals surface area contributed by atoms with Gasteiger partial charge >= 0.3 is 6.18 Å². The lowest BCUT2D eigenvalue weighted by Crippen LogP contribution is -2.09. The van der Waals surface area contributed by atoms with E-state index in [9.17, 15) is 13.2 Å². The lowest BCUT2D eigenvalue weighted by molar-refractivity contribution is -0.137. The summed E-state index contributed by atoms with van der Waals surface area (Å²) in [5.74, 6) is 0. The molecule has 4 heteroatoms. The van der Waals surface area contributed by atoms with E-state index in [1.807, 2.05) is 38.1 Å². The first-order valence-corrected chi connectivity index (χ1v) is 7.57. The average molecular weight is 327 g/mol. The number of benzene rings is 2. The molecule has 0 amide bonds. The molecule has 2 aromatic carbocycles. The minimum absolute atomic E-state index is 0.0411. The Kier molecular flexibility index (Phi) is 4.14. The molecule has 0 aliphatic heterocycles. The molecule has 0 saturated heterocycles. The Morgan fingerprint density at radius 2 is 1.17 bits per heavy atom. The highest BCUT2D eigenvalue weighted by Crippen LogP contribution is 2.37. The van der Waals surface area contributed by atoms with Crippen molar-refractivity contribution in [1.29, 1.82) is 0 Å². The van der Waals surface area contributed by atoms with E-state index in [0.717, 1.165) is 22.8 Å². The van der Waals surface area contributed by atoms with E-state index in [1.54, 1.807) is 24.3 Å². The second kappa shape index (κ2) is 6.11. The summed E-state index contributed by atoms with van der Waals surface area (Å²) in [5, 5.41) is 0. The highest BCUT2D eigenvalue weighted by molar-refractivity contribution is 5.69. The summed E-state index contributed by atoms with van der Waals surface area (Å²) in [5.41, 5.74) is 3.09. The van der Waals surface area contributed by atoms with Crippen LogP contribution in [0.1, 0.15) is 16.7 Å². The molecule has 1 nitrogen and oxygen atoms in total. The lowest BCUT2D eigenvalue weighted by atomic mass is 10.0. The highest BCUT2D eigenvalue weighted by Gasteiger charge is 2.34. The van der Waals surface area contributed by atoms with Gasteiger partial charge in [-0.15, -0.1) is 0 Å². The second-order valence-electron chi connectivity index (χ2n) is 5.82. The maximum Gasteiger partial charge on any atom is 0.418 e. The molecule has 0 fully saturated rings. The number of pyridine rings is 1. The van der Waals surface area contributed by atoms with Gasteiger partial charge in [-0.2, -0.15) is 13.2 Å². The van der Waals surface area contributed by atoms with Crippen molar-refractivity contribution in [2.75, 3.05) is 0 Å². The molecule has 0 aliphatic carbocycles. The zero-order valence-corrected chi connectivity index (χ0v) is 13.4. The molecule has 1 heterocycles. The van der Waals surface area contributed by atoms with E-state index in [0.29, 0.717) is 11.3 Å². The predicted molar refractivity (Wildman–Crippen MR) is 89.6 cm³/mol. The van der Waals surface area contributed by atoms with Crippen LogP contribution in [0.5, 0.6) is 0 Å². The van der Waals surface area contributed by atoms with Crippen LogP contribution in [0.25, 0.3) is 22.5 Å². The van der Waals surface area contributed by atoms with Crippen molar-refractivity contribution in [1.82, 2.24) is 4.98 Å². The summed E-state index contributed by atoms with van der Waals surface area (Å²) < 4.78 is 40.1. The summed E-state index contributed by atoms with van der Waals surface area (Å²) >= 11 is 0. The summed E-state index contributed by atoms with van der Waals surface area (Å²) in [7, 11) is 0. The summed E-state index contributed by atoms with van der Waals surface area (Å²) in [6, 6.07) is 17.0. The van der Waals surface area contributed by atoms with Gasteiger partial charge in [0.05, 0.1) is 17.0 Å². The monoisotopic (exact) mass is 327 g/mol. The van der Waals surface area contributed by atoms with Crippen LogP contribution in [0.3, 0.4) is 0 Å². The zero-order chi connectivity index (χ0) is 17.3. The molecule has 1 aromatic heterocycles. The van der Waals surface area contributed by atoms with E-state index in [2.05, 4.69) is 4.98 Å². The second-order valence-corrected chi connectivity index (χ2v) is 5.82. The van der Waals surface area contributed by atoms with Gasteiger partial charge in [-0.3, -0.25) is 0 Å². The van der Waals surface area contributed by atoms with Crippen LogP contribution in [-0.4, -0.2) is 4.98 Å². The van der Waals surface area contributed by atoms with Gasteiger partial charge in [0.2, 0.25) is 0 Å². The number of hydrogen-bond donors (Lipinski definition) is 0. The number of alkyl halides is 3. The number of aromatic nitrogens is 1. The number of aryl methyl sites for hydroxylation is 2. The summed E-state index contributed by atoms with van der Waals surface area (Å²) in [4.78, 5) is 4.32. The van der Waals surface area contributed by atoms with E-state index >= 15 is 0 Å². The molecule has 0 spiro atoms. The maximum atomic E-state index is 13.4. The largest absolute Gasteiger partial charge is 0.418 e. The molecular weight excluding hydrogens is 311 g/mol. The van der Waals surface area contributed by atoms with E-state index in [4.69, 9.17) is 0 Å². The quantitative estimate of drug-likeness (QED) is 0.558. The topological polar surface area (TPSA) is 12.9 Å². The number of halogens is 3. The van der Waals surface area contributed by atoms with Crippen molar-refractivity contribution >= 4 is 0 Å². The van der Waals surface area contributed by atoms with Crippen LogP contribution >= 0.6 is 0 Å². The average Bonchev–Trinajstić information content (AvgIpc) is 2.55. The molecule has 24 heavy (non-hydrogen) atoms. The van der Waals surface area contributed by atoms with E-state index < -0.39 is 11.7 Å². The third-order valence-electron chi connectivity index (χ3n) is 3.87. The van der Waals surface area contributed by atoms with Crippen molar-refractivity contribution in [2.24, 2.45) is 0 Å². The van der Waals surface area contributed by atoms with Gasteiger partial charge in [0.25, 0.3) is 0 Å². The molecule has 122 valence electrons. The Hall–Kier alpha value is -2.62. The normalized spacial score (nSPS) is 11.5. The van der Waals surface area contributed by atoms with Gasteiger partial charge < -0.3 is 0 Å². The summed E-state index contributed by atoms with van der Waals surface area (Å²) in [6.45, 7) is 3.85. The van der Waals surface area contributed by atoms with E-state index in [1.165, 1.54) is 6.07 Å². The third kappa shape index (κ3) is 3.32. The Balaban J connectivity index is 2.17. The molecule has 0 unspecified atom stereocenters. The minimum Gasteiger partial charge on any atom is -0.247 e. The van der Waals surface area contributed by atoms with Crippen molar-refractivity contribution < 1.29 is 13.2 Å². The first kappa shape index (κ1) is 16.2. The molecule has 0 saturated carbocycles. The highest BCUT2D eigenvalue weighted by atomic mass is 19.4. The van der Waals surface area contributed by atoms with Crippen molar-refractivity contribution in [2.45, 2.75) is 20.0 Å². The van der Waals surface area contributed by atoms with Gasteiger partial charge in [0.1, 0.15) is 0 Å². The SMILES string of the molecule is Cc1ccc(-c2ccc(C(F)(F)F)c(-c3ccc(C)cc3)n2)cc1. The molecule has 3 rings (SSSR count). The number of hydrogen-bond acceptors (Lipinski definition) is 1. The maximum absolute atomic E-state index is 13.4. The van der Waals surface area contributed by atoms with Crippen LogP contribution in [0, 0.1) is 13.8 Å². The Labute approximate surface area is 138 Å². The molecular formula is C20H16F3N. The van der Waals surface area contributed by atoms with Gasteiger partial charge in [0.15, 0.2) is 0 Å². The van der Waals surface area contributed by atoms with Crippen molar-refractivity contribution in [3.8, 4) is 22.5 Å². The van der Waals surface area contributed by atoms with Crippen LogP contribution < -0.4 is 0 Å².